The van der Waals surface area contributed by atoms with Crippen LogP contribution >= 0.6 is 11.3 Å². The second kappa shape index (κ2) is 6.58. The van der Waals surface area contributed by atoms with Gasteiger partial charge in [-0.25, -0.2) is 9.18 Å². The zero-order valence-corrected chi connectivity index (χ0v) is 15.1. The third-order valence-corrected chi connectivity index (χ3v) is 5.27. The van der Waals surface area contributed by atoms with Crippen LogP contribution in [0, 0.1) is 5.82 Å². The topological polar surface area (TPSA) is 88.3 Å². The zero-order valence-electron chi connectivity index (χ0n) is 14.3. The van der Waals surface area contributed by atoms with E-state index in [1.807, 2.05) is 16.8 Å². The van der Waals surface area contributed by atoms with Crippen LogP contribution in [0.1, 0.15) is 24.8 Å². The SMILES string of the molecule is CCC1(c2ccc(F)cc2)NC(=O)N(Cc2nc(-c3ccsc3)no2)C1=O. The molecule has 1 saturated heterocycles. The van der Waals surface area contributed by atoms with E-state index in [0.29, 0.717) is 17.8 Å². The lowest BCUT2D eigenvalue weighted by Crippen LogP contribution is -2.43. The summed E-state index contributed by atoms with van der Waals surface area (Å²) in [4.78, 5) is 30.8. The summed E-state index contributed by atoms with van der Waals surface area (Å²) in [5.41, 5.74) is 0.0965. The average molecular weight is 386 g/mol. The first-order valence-corrected chi connectivity index (χ1v) is 9.23. The lowest BCUT2D eigenvalue weighted by molar-refractivity contribution is -0.132. The summed E-state index contributed by atoms with van der Waals surface area (Å²) in [6, 6.07) is 6.83. The number of halogens is 1. The van der Waals surface area contributed by atoms with Crippen molar-refractivity contribution in [2.24, 2.45) is 0 Å². The molecule has 4 rings (SSSR count). The Morgan fingerprint density at radius 3 is 2.70 bits per heavy atom. The highest BCUT2D eigenvalue weighted by atomic mass is 32.1. The third kappa shape index (κ3) is 2.89. The van der Waals surface area contributed by atoms with Crippen molar-refractivity contribution in [2.75, 3.05) is 0 Å². The second-order valence-corrected chi connectivity index (χ2v) is 6.89. The Kier molecular flexibility index (Phi) is 4.23. The van der Waals surface area contributed by atoms with Gasteiger partial charge in [-0.15, -0.1) is 0 Å². The molecule has 2 aromatic heterocycles. The predicted molar refractivity (Wildman–Crippen MR) is 95.1 cm³/mol. The van der Waals surface area contributed by atoms with E-state index in [4.69, 9.17) is 4.52 Å². The van der Waals surface area contributed by atoms with Gasteiger partial charge in [0.25, 0.3) is 5.91 Å². The molecule has 138 valence electrons. The molecule has 1 atom stereocenters. The van der Waals surface area contributed by atoms with Crippen molar-refractivity contribution in [3.63, 3.8) is 0 Å². The van der Waals surface area contributed by atoms with Crippen LogP contribution in [0.15, 0.2) is 45.6 Å². The quantitative estimate of drug-likeness (QED) is 0.680. The summed E-state index contributed by atoms with van der Waals surface area (Å²) in [5.74, 6) is -0.286. The van der Waals surface area contributed by atoms with Gasteiger partial charge in [0.15, 0.2) is 0 Å². The number of carbonyl (C=O) groups excluding carboxylic acids is 2. The molecule has 0 saturated carbocycles. The minimum absolute atomic E-state index is 0.134. The van der Waals surface area contributed by atoms with Gasteiger partial charge >= 0.3 is 6.03 Å². The van der Waals surface area contributed by atoms with Gasteiger partial charge in [0.1, 0.15) is 17.9 Å². The van der Waals surface area contributed by atoms with Crippen molar-refractivity contribution < 1.29 is 18.5 Å². The lowest BCUT2D eigenvalue weighted by Gasteiger charge is -2.25. The Morgan fingerprint density at radius 2 is 2.04 bits per heavy atom. The molecule has 9 heteroatoms. The van der Waals surface area contributed by atoms with Crippen LogP contribution in [-0.4, -0.2) is 27.0 Å². The number of urea groups is 1. The first kappa shape index (κ1) is 17.3. The van der Waals surface area contributed by atoms with Gasteiger partial charge in [-0.3, -0.25) is 9.69 Å². The molecule has 1 aliphatic heterocycles. The Bertz CT molecular complexity index is 986. The molecular weight excluding hydrogens is 371 g/mol. The highest BCUT2D eigenvalue weighted by molar-refractivity contribution is 7.08. The maximum absolute atomic E-state index is 13.2. The van der Waals surface area contributed by atoms with Gasteiger partial charge in [-0.2, -0.15) is 16.3 Å². The normalized spacial score (nSPS) is 19.6. The summed E-state index contributed by atoms with van der Waals surface area (Å²) in [7, 11) is 0. The van der Waals surface area contributed by atoms with Gasteiger partial charge in [0.2, 0.25) is 11.7 Å². The summed E-state index contributed by atoms with van der Waals surface area (Å²) < 4.78 is 18.4. The standard InChI is InChI=1S/C18H15FN4O3S/c1-2-18(12-3-5-13(19)6-4-12)16(24)23(17(25)21-18)9-14-20-15(22-26-14)11-7-8-27-10-11/h3-8,10H,2,9H2,1H3,(H,21,25). The molecule has 1 fully saturated rings. The number of benzene rings is 1. The van der Waals surface area contributed by atoms with Crippen LogP contribution in [0.2, 0.25) is 0 Å². The molecule has 27 heavy (non-hydrogen) atoms. The van der Waals surface area contributed by atoms with E-state index >= 15 is 0 Å². The number of hydrogen-bond donors (Lipinski definition) is 1. The van der Waals surface area contributed by atoms with Gasteiger partial charge in [-0.05, 0) is 35.6 Å². The largest absolute Gasteiger partial charge is 0.337 e. The zero-order chi connectivity index (χ0) is 19.0. The van der Waals surface area contributed by atoms with Crippen LogP contribution < -0.4 is 5.32 Å². The third-order valence-electron chi connectivity index (χ3n) is 4.58. The van der Waals surface area contributed by atoms with E-state index in [-0.39, 0.29) is 12.4 Å². The van der Waals surface area contributed by atoms with Gasteiger partial charge in [-0.1, -0.05) is 24.2 Å². The van der Waals surface area contributed by atoms with Gasteiger partial charge in [0.05, 0.1) is 0 Å². The molecule has 0 radical (unpaired) electrons. The molecule has 1 aliphatic rings. The monoisotopic (exact) mass is 386 g/mol. The van der Waals surface area contributed by atoms with E-state index in [1.54, 1.807) is 6.92 Å². The van der Waals surface area contributed by atoms with Gasteiger partial charge < -0.3 is 9.84 Å². The fourth-order valence-corrected chi connectivity index (χ4v) is 3.74. The van der Waals surface area contributed by atoms with Crippen molar-refractivity contribution in [3.8, 4) is 11.4 Å². The van der Waals surface area contributed by atoms with Crippen molar-refractivity contribution in [1.29, 1.82) is 0 Å². The fraction of sp³-hybridized carbons (Fsp3) is 0.222. The minimum Gasteiger partial charge on any atom is -0.337 e. The van der Waals surface area contributed by atoms with Gasteiger partial charge in [0, 0.05) is 10.9 Å². The molecule has 0 aliphatic carbocycles. The first-order chi connectivity index (χ1) is 13.0. The van der Waals surface area contributed by atoms with Crippen LogP contribution in [0.4, 0.5) is 9.18 Å². The highest BCUT2D eigenvalue weighted by Gasteiger charge is 2.51. The minimum atomic E-state index is -1.24. The summed E-state index contributed by atoms with van der Waals surface area (Å²) in [6.45, 7) is 1.65. The average Bonchev–Trinajstić information content (AvgIpc) is 3.39. The molecule has 7 nitrogen and oxygen atoms in total. The van der Waals surface area contributed by atoms with Crippen molar-refractivity contribution in [2.45, 2.75) is 25.4 Å². The number of amides is 3. The maximum Gasteiger partial charge on any atom is 0.325 e. The van der Waals surface area contributed by atoms with E-state index in [9.17, 15) is 14.0 Å². The molecule has 1 unspecified atom stereocenters. The van der Waals surface area contributed by atoms with Crippen LogP contribution in [0.5, 0.6) is 0 Å². The van der Waals surface area contributed by atoms with Crippen molar-refractivity contribution in [1.82, 2.24) is 20.4 Å². The molecule has 0 bridgehead atoms. The number of thiophene rings is 1. The van der Waals surface area contributed by atoms with E-state index in [0.717, 1.165) is 10.5 Å². The van der Waals surface area contributed by atoms with Crippen LogP contribution in [0.25, 0.3) is 11.4 Å². The molecule has 3 aromatic rings. The highest BCUT2D eigenvalue weighted by Crippen LogP contribution is 2.33. The number of imide groups is 1. The molecule has 3 amide bonds. The molecule has 0 spiro atoms. The lowest BCUT2D eigenvalue weighted by atomic mass is 9.87. The number of nitrogens with zero attached hydrogens (tertiary/aromatic N) is 3. The summed E-state index contributed by atoms with van der Waals surface area (Å²) >= 11 is 1.50. The number of rotatable bonds is 5. The van der Waals surface area contributed by atoms with E-state index in [2.05, 4.69) is 15.5 Å². The maximum atomic E-state index is 13.2. The summed E-state index contributed by atoms with van der Waals surface area (Å²) in [6.07, 6.45) is 0.323. The fourth-order valence-electron chi connectivity index (χ4n) is 3.11. The second-order valence-electron chi connectivity index (χ2n) is 6.11. The predicted octanol–water partition coefficient (Wildman–Crippen LogP) is 3.29. The van der Waals surface area contributed by atoms with Crippen LogP contribution in [-0.2, 0) is 16.9 Å². The number of carbonyl (C=O) groups is 2. The number of aromatic nitrogens is 2. The number of nitrogens with one attached hydrogen (secondary N) is 1. The first-order valence-electron chi connectivity index (χ1n) is 8.29. The summed E-state index contributed by atoms with van der Waals surface area (Å²) in [5, 5.41) is 10.4. The smallest absolute Gasteiger partial charge is 0.325 e. The number of hydrogen-bond acceptors (Lipinski definition) is 6. The molecule has 1 N–H and O–H groups in total. The molecule has 1 aromatic carbocycles. The molecular formula is C18H15FN4O3S. The Balaban J connectivity index is 1.60. The Hall–Kier alpha value is -3.07. The van der Waals surface area contributed by atoms with Crippen molar-refractivity contribution >= 4 is 23.3 Å². The molecule has 3 heterocycles. The Morgan fingerprint density at radius 1 is 1.26 bits per heavy atom. The van der Waals surface area contributed by atoms with Crippen LogP contribution in [0.3, 0.4) is 0 Å². The Labute approximate surface area is 157 Å². The van der Waals surface area contributed by atoms with Crippen molar-refractivity contribution in [3.05, 3.63) is 58.4 Å². The van der Waals surface area contributed by atoms with E-state index < -0.39 is 23.3 Å². The van der Waals surface area contributed by atoms with E-state index in [1.165, 1.54) is 35.6 Å².